The second kappa shape index (κ2) is 3.99. The highest BCUT2D eigenvalue weighted by Gasteiger charge is 2.40. The number of piperidine rings is 1. The highest BCUT2D eigenvalue weighted by atomic mass is 15.2. The van der Waals surface area contributed by atoms with E-state index in [1.807, 2.05) is 0 Å². The fourth-order valence-corrected chi connectivity index (χ4v) is 4.07. The van der Waals surface area contributed by atoms with E-state index >= 15 is 0 Å². The molecule has 3 rings (SSSR count). The van der Waals surface area contributed by atoms with Crippen LogP contribution in [0.4, 0.5) is 0 Å². The van der Waals surface area contributed by atoms with Crippen LogP contribution in [0.2, 0.25) is 0 Å². The van der Waals surface area contributed by atoms with Gasteiger partial charge in [-0.05, 0) is 50.1 Å². The van der Waals surface area contributed by atoms with Crippen molar-refractivity contribution in [1.82, 2.24) is 10.2 Å². The van der Waals surface area contributed by atoms with Crippen molar-refractivity contribution < 1.29 is 0 Å². The summed E-state index contributed by atoms with van der Waals surface area (Å²) in [5, 5.41) is 4.01. The normalized spacial score (nSPS) is 46.1. The molecule has 0 aromatic rings. The van der Waals surface area contributed by atoms with Crippen LogP contribution in [0.1, 0.15) is 46.0 Å². The molecule has 92 valence electrons. The van der Waals surface area contributed by atoms with E-state index in [-0.39, 0.29) is 0 Å². The van der Waals surface area contributed by atoms with E-state index in [9.17, 15) is 0 Å². The van der Waals surface area contributed by atoms with Gasteiger partial charge in [0.15, 0.2) is 0 Å². The smallest absolute Gasteiger partial charge is 0.0123 e. The molecule has 2 saturated heterocycles. The van der Waals surface area contributed by atoms with Gasteiger partial charge in [0, 0.05) is 18.6 Å². The summed E-state index contributed by atoms with van der Waals surface area (Å²) in [4.78, 5) is 2.64. The Morgan fingerprint density at radius 3 is 2.69 bits per heavy atom. The SMILES string of the molecule is CC1(C)CCCC1NC1CCN2CCC1C2. The average molecular weight is 222 g/mol. The first-order valence-corrected chi connectivity index (χ1v) is 7.13. The second-order valence-corrected chi connectivity index (χ2v) is 6.84. The number of nitrogens with one attached hydrogen (secondary N) is 1. The molecule has 16 heavy (non-hydrogen) atoms. The molecule has 0 aromatic carbocycles. The lowest BCUT2D eigenvalue weighted by Crippen LogP contribution is -2.50. The fourth-order valence-electron chi connectivity index (χ4n) is 4.07. The first-order valence-electron chi connectivity index (χ1n) is 7.13. The van der Waals surface area contributed by atoms with Gasteiger partial charge < -0.3 is 10.2 Å². The number of hydrogen-bond donors (Lipinski definition) is 1. The largest absolute Gasteiger partial charge is 0.310 e. The number of nitrogens with zero attached hydrogens (tertiary/aromatic N) is 1. The average Bonchev–Trinajstić information content (AvgIpc) is 2.76. The van der Waals surface area contributed by atoms with Crippen LogP contribution in [0, 0.1) is 11.3 Å². The molecule has 4 unspecified atom stereocenters. The predicted molar refractivity (Wildman–Crippen MR) is 67.5 cm³/mol. The van der Waals surface area contributed by atoms with Crippen LogP contribution in [0.5, 0.6) is 0 Å². The summed E-state index contributed by atoms with van der Waals surface area (Å²) in [7, 11) is 0. The van der Waals surface area contributed by atoms with Gasteiger partial charge in [0.25, 0.3) is 0 Å². The monoisotopic (exact) mass is 222 g/mol. The van der Waals surface area contributed by atoms with E-state index in [2.05, 4.69) is 24.1 Å². The molecule has 2 heteroatoms. The molecule has 3 aliphatic rings. The molecule has 1 aliphatic carbocycles. The summed E-state index contributed by atoms with van der Waals surface area (Å²) >= 11 is 0. The Balaban J connectivity index is 1.62. The van der Waals surface area contributed by atoms with Gasteiger partial charge in [-0.3, -0.25) is 0 Å². The molecule has 1 N–H and O–H groups in total. The highest BCUT2D eigenvalue weighted by Crippen LogP contribution is 2.38. The minimum Gasteiger partial charge on any atom is -0.310 e. The maximum atomic E-state index is 4.01. The lowest BCUT2D eigenvalue weighted by atomic mass is 9.85. The van der Waals surface area contributed by atoms with E-state index < -0.39 is 0 Å². The van der Waals surface area contributed by atoms with Crippen molar-refractivity contribution in [1.29, 1.82) is 0 Å². The summed E-state index contributed by atoms with van der Waals surface area (Å²) < 4.78 is 0. The summed E-state index contributed by atoms with van der Waals surface area (Å²) in [6.45, 7) is 8.95. The number of fused-ring (bicyclic) bond motifs is 2. The number of hydrogen-bond acceptors (Lipinski definition) is 2. The zero-order valence-electron chi connectivity index (χ0n) is 10.8. The molecule has 2 nitrogen and oxygen atoms in total. The molecule has 1 saturated carbocycles. The maximum absolute atomic E-state index is 4.01. The van der Waals surface area contributed by atoms with Gasteiger partial charge in [-0.25, -0.2) is 0 Å². The standard InChI is InChI=1S/C14H26N2/c1-14(2)7-3-4-13(14)15-12-6-9-16-8-5-11(12)10-16/h11-13,15H,3-10H2,1-2H3. The van der Waals surface area contributed by atoms with E-state index in [1.165, 1.54) is 51.7 Å². The van der Waals surface area contributed by atoms with Crippen molar-refractivity contribution in [2.24, 2.45) is 11.3 Å². The van der Waals surface area contributed by atoms with Crippen LogP contribution >= 0.6 is 0 Å². The lowest BCUT2D eigenvalue weighted by Gasteiger charge is -2.37. The first kappa shape index (κ1) is 11.0. The summed E-state index contributed by atoms with van der Waals surface area (Å²) in [5.41, 5.74) is 0.537. The minimum absolute atomic E-state index is 0.537. The predicted octanol–water partition coefficient (Wildman–Crippen LogP) is 2.25. The van der Waals surface area contributed by atoms with Crippen molar-refractivity contribution in [3.05, 3.63) is 0 Å². The molecular weight excluding hydrogens is 196 g/mol. The summed E-state index contributed by atoms with van der Waals surface area (Å²) in [5.74, 6) is 0.949. The van der Waals surface area contributed by atoms with E-state index in [4.69, 9.17) is 0 Å². The van der Waals surface area contributed by atoms with Gasteiger partial charge in [0.05, 0.1) is 0 Å². The molecule has 0 radical (unpaired) electrons. The van der Waals surface area contributed by atoms with Gasteiger partial charge >= 0.3 is 0 Å². The Bertz CT molecular complexity index is 261. The van der Waals surface area contributed by atoms with Crippen molar-refractivity contribution >= 4 is 0 Å². The van der Waals surface area contributed by atoms with Gasteiger partial charge in [0.2, 0.25) is 0 Å². The molecular formula is C14H26N2. The summed E-state index contributed by atoms with van der Waals surface area (Å²) in [6.07, 6.45) is 7.06. The second-order valence-electron chi connectivity index (χ2n) is 6.84. The van der Waals surface area contributed by atoms with Gasteiger partial charge in [-0.1, -0.05) is 20.3 Å². The van der Waals surface area contributed by atoms with Crippen molar-refractivity contribution in [2.45, 2.75) is 58.0 Å². The van der Waals surface area contributed by atoms with Gasteiger partial charge in [0.1, 0.15) is 0 Å². The minimum atomic E-state index is 0.537. The summed E-state index contributed by atoms with van der Waals surface area (Å²) in [6, 6.07) is 1.60. The third kappa shape index (κ3) is 1.91. The van der Waals surface area contributed by atoms with E-state index in [0.29, 0.717) is 5.41 Å². The molecule has 2 bridgehead atoms. The molecule has 0 amide bonds. The van der Waals surface area contributed by atoms with Crippen LogP contribution in [-0.2, 0) is 0 Å². The van der Waals surface area contributed by atoms with Crippen molar-refractivity contribution in [3.8, 4) is 0 Å². The Labute approximate surface area is 99.8 Å². The molecule has 0 spiro atoms. The topological polar surface area (TPSA) is 15.3 Å². The highest BCUT2D eigenvalue weighted by molar-refractivity contribution is 4.97. The van der Waals surface area contributed by atoms with E-state index in [1.54, 1.807) is 0 Å². The number of rotatable bonds is 2. The molecule has 2 heterocycles. The van der Waals surface area contributed by atoms with Crippen molar-refractivity contribution in [2.75, 3.05) is 19.6 Å². The van der Waals surface area contributed by atoms with Crippen LogP contribution in [-0.4, -0.2) is 36.6 Å². The quantitative estimate of drug-likeness (QED) is 0.771. The molecule has 2 aliphatic heterocycles. The fraction of sp³-hybridized carbons (Fsp3) is 1.00. The van der Waals surface area contributed by atoms with Crippen LogP contribution in [0.15, 0.2) is 0 Å². The zero-order chi connectivity index (χ0) is 11.2. The first-order chi connectivity index (χ1) is 7.65. The third-order valence-electron chi connectivity index (χ3n) is 5.31. The third-order valence-corrected chi connectivity index (χ3v) is 5.31. The molecule has 4 atom stereocenters. The van der Waals surface area contributed by atoms with Crippen LogP contribution < -0.4 is 5.32 Å². The molecule has 0 aromatic heterocycles. The van der Waals surface area contributed by atoms with E-state index in [0.717, 1.165) is 18.0 Å². The van der Waals surface area contributed by atoms with Gasteiger partial charge in [-0.15, -0.1) is 0 Å². The Morgan fingerprint density at radius 1 is 1.12 bits per heavy atom. The Kier molecular flexibility index (Phi) is 2.75. The Hall–Kier alpha value is -0.0800. The molecule has 3 fully saturated rings. The Morgan fingerprint density at radius 2 is 1.94 bits per heavy atom. The van der Waals surface area contributed by atoms with Gasteiger partial charge in [-0.2, -0.15) is 0 Å². The maximum Gasteiger partial charge on any atom is 0.0123 e. The van der Waals surface area contributed by atoms with Crippen LogP contribution in [0.25, 0.3) is 0 Å². The van der Waals surface area contributed by atoms with Crippen LogP contribution in [0.3, 0.4) is 0 Å². The van der Waals surface area contributed by atoms with Crippen molar-refractivity contribution in [3.63, 3.8) is 0 Å². The zero-order valence-corrected chi connectivity index (χ0v) is 10.8. The lowest BCUT2D eigenvalue weighted by molar-refractivity contribution is 0.179.